The molecule has 0 aliphatic rings. The molecular formula is C18H22FN3O2. The zero-order chi connectivity index (χ0) is 17.5. The summed E-state index contributed by atoms with van der Waals surface area (Å²) >= 11 is 0. The fourth-order valence-corrected chi connectivity index (χ4v) is 2.40. The maximum absolute atomic E-state index is 13.4. The molecule has 0 aliphatic heterocycles. The highest BCUT2D eigenvalue weighted by molar-refractivity contribution is 5.95. The lowest BCUT2D eigenvalue weighted by Gasteiger charge is -2.27. The number of nitrogens with zero attached hydrogens (tertiary/aromatic N) is 2. The molecule has 0 saturated heterocycles. The second-order valence-corrected chi connectivity index (χ2v) is 5.68. The molecule has 2 N–H and O–H groups in total. The van der Waals surface area contributed by atoms with E-state index in [0.717, 1.165) is 11.1 Å². The Hall–Kier alpha value is -2.31. The maximum Gasteiger partial charge on any atom is 0.241 e. The van der Waals surface area contributed by atoms with E-state index in [2.05, 4.69) is 10.3 Å². The minimum atomic E-state index is -0.486. The minimum Gasteiger partial charge on any atom is -0.395 e. The van der Waals surface area contributed by atoms with Gasteiger partial charge in [0.15, 0.2) is 0 Å². The number of pyridine rings is 1. The van der Waals surface area contributed by atoms with Crippen LogP contribution in [0, 0.1) is 12.7 Å². The smallest absolute Gasteiger partial charge is 0.241 e. The SMILES string of the molecule is Cc1ccc(F)cc1NC(=O)C(C)N(CCO)Cc1cccnc1. The molecule has 0 bridgehead atoms. The number of amides is 1. The van der Waals surface area contributed by atoms with Crippen LogP contribution in [0.5, 0.6) is 0 Å². The van der Waals surface area contributed by atoms with Gasteiger partial charge in [0.25, 0.3) is 0 Å². The first-order valence-corrected chi connectivity index (χ1v) is 7.82. The molecule has 1 atom stereocenters. The van der Waals surface area contributed by atoms with Crippen LogP contribution in [0.25, 0.3) is 0 Å². The lowest BCUT2D eigenvalue weighted by molar-refractivity contribution is -0.121. The van der Waals surface area contributed by atoms with Gasteiger partial charge in [-0.2, -0.15) is 0 Å². The van der Waals surface area contributed by atoms with Gasteiger partial charge >= 0.3 is 0 Å². The zero-order valence-corrected chi connectivity index (χ0v) is 13.9. The average Bonchev–Trinajstić information content (AvgIpc) is 2.58. The highest BCUT2D eigenvalue weighted by Crippen LogP contribution is 2.17. The van der Waals surface area contributed by atoms with Gasteiger partial charge in [0, 0.05) is 31.2 Å². The number of rotatable bonds is 7. The molecule has 0 spiro atoms. The summed E-state index contributed by atoms with van der Waals surface area (Å²) in [6.45, 7) is 4.35. The number of halogens is 1. The second-order valence-electron chi connectivity index (χ2n) is 5.68. The number of hydrogen-bond donors (Lipinski definition) is 2. The number of hydrogen-bond acceptors (Lipinski definition) is 4. The van der Waals surface area contributed by atoms with Gasteiger partial charge in [0.1, 0.15) is 5.82 Å². The van der Waals surface area contributed by atoms with E-state index in [1.165, 1.54) is 12.1 Å². The minimum absolute atomic E-state index is 0.0587. The van der Waals surface area contributed by atoms with Crippen molar-refractivity contribution < 1.29 is 14.3 Å². The third kappa shape index (κ3) is 4.84. The topological polar surface area (TPSA) is 65.5 Å². The Morgan fingerprint density at radius 2 is 2.21 bits per heavy atom. The van der Waals surface area contributed by atoms with Crippen LogP contribution in [0.4, 0.5) is 10.1 Å². The van der Waals surface area contributed by atoms with Gasteiger partial charge in [-0.25, -0.2) is 4.39 Å². The van der Waals surface area contributed by atoms with Crippen molar-refractivity contribution in [3.8, 4) is 0 Å². The fraction of sp³-hybridized carbons (Fsp3) is 0.333. The van der Waals surface area contributed by atoms with Crippen LogP contribution >= 0.6 is 0 Å². The Labute approximate surface area is 141 Å². The summed E-state index contributed by atoms with van der Waals surface area (Å²) in [5, 5.41) is 12.0. The van der Waals surface area contributed by atoms with Gasteiger partial charge in [-0.15, -0.1) is 0 Å². The van der Waals surface area contributed by atoms with Crippen molar-refractivity contribution in [2.75, 3.05) is 18.5 Å². The number of aromatic nitrogens is 1. The second kappa shape index (κ2) is 8.52. The molecule has 1 unspecified atom stereocenters. The molecule has 0 saturated carbocycles. The lowest BCUT2D eigenvalue weighted by atomic mass is 10.1. The van der Waals surface area contributed by atoms with Gasteiger partial charge in [0.05, 0.1) is 12.6 Å². The van der Waals surface area contributed by atoms with Gasteiger partial charge in [-0.1, -0.05) is 12.1 Å². The summed E-state index contributed by atoms with van der Waals surface area (Å²) in [6.07, 6.45) is 3.41. The number of aliphatic hydroxyl groups is 1. The first-order valence-electron chi connectivity index (χ1n) is 7.82. The quantitative estimate of drug-likeness (QED) is 0.817. The molecule has 1 amide bonds. The van der Waals surface area contributed by atoms with E-state index in [-0.39, 0.29) is 12.5 Å². The van der Waals surface area contributed by atoms with Crippen molar-refractivity contribution in [3.05, 3.63) is 59.7 Å². The molecule has 1 heterocycles. The molecule has 0 fully saturated rings. The Morgan fingerprint density at radius 1 is 1.42 bits per heavy atom. The van der Waals surface area contributed by atoms with Crippen LogP contribution in [0.3, 0.4) is 0 Å². The Bertz CT molecular complexity index is 679. The van der Waals surface area contributed by atoms with Crippen LogP contribution in [0.15, 0.2) is 42.7 Å². The predicted molar refractivity (Wildman–Crippen MR) is 91.0 cm³/mol. The maximum atomic E-state index is 13.4. The van der Waals surface area contributed by atoms with Crippen molar-refractivity contribution in [2.45, 2.75) is 26.4 Å². The predicted octanol–water partition coefficient (Wildman–Crippen LogP) is 2.35. The summed E-state index contributed by atoms with van der Waals surface area (Å²) in [7, 11) is 0. The van der Waals surface area contributed by atoms with Crippen LogP contribution in [-0.2, 0) is 11.3 Å². The van der Waals surface area contributed by atoms with E-state index in [4.69, 9.17) is 0 Å². The molecule has 1 aromatic carbocycles. The molecule has 2 rings (SSSR count). The van der Waals surface area contributed by atoms with E-state index >= 15 is 0 Å². The molecule has 1 aromatic heterocycles. The summed E-state index contributed by atoms with van der Waals surface area (Å²) < 4.78 is 13.4. The monoisotopic (exact) mass is 331 g/mol. The van der Waals surface area contributed by atoms with E-state index < -0.39 is 11.9 Å². The number of aliphatic hydroxyl groups excluding tert-OH is 1. The standard InChI is InChI=1S/C18H22FN3O2/c1-13-5-6-16(19)10-17(13)21-18(24)14(2)22(8-9-23)12-15-4-3-7-20-11-15/h3-7,10-11,14,23H,8-9,12H2,1-2H3,(H,21,24). The number of benzene rings is 1. The van der Waals surface area contributed by atoms with Crippen molar-refractivity contribution in [3.63, 3.8) is 0 Å². The Kier molecular flexibility index (Phi) is 6.40. The van der Waals surface area contributed by atoms with Crippen LogP contribution in [-0.4, -0.2) is 40.1 Å². The third-order valence-electron chi connectivity index (χ3n) is 3.88. The van der Waals surface area contributed by atoms with Crippen molar-refractivity contribution in [2.24, 2.45) is 0 Å². The summed E-state index contributed by atoms with van der Waals surface area (Å²) in [5.74, 6) is -0.646. The van der Waals surface area contributed by atoms with Crippen LogP contribution in [0.1, 0.15) is 18.1 Å². The van der Waals surface area contributed by atoms with Crippen LogP contribution < -0.4 is 5.32 Å². The van der Waals surface area contributed by atoms with E-state index in [0.29, 0.717) is 18.8 Å². The molecule has 0 radical (unpaired) electrons. The van der Waals surface area contributed by atoms with Gasteiger partial charge in [-0.3, -0.25) is 14.7 Å². The number of carbonyl (C=O) groups is 1. The van der Waals surface area contributed by atoms with Crippen LogP contribution in [0.2, 0.25) is 0 Å². The molecule has 2 aromatic rings. The first-order chi connectivity index (χ1) is 11.5. The molecule has 0 aliphatic carbocycles. The molecule has 128 valence electrons. The molecule has 24 heavy (non-hydrogen) atoms. The average molecular weight is 331 g/mol. The summed E-state index contributed by atoms with van der Waals surface area (Å²) in [5.41, 5.74) is 2.20. The Balaban J connectivity index is 2.09. The van der Waals surface area contributed by atoms with Crippen molar-refractivity contribution in [1.29, 1.82) is 0 Å². The largest absolute Gasteiger partial charge is 0.395 e. The highest BCUT2D eigenvalue weighted by atomic mass is 19.1. The van der Waals surface area contributed by atoms with E-state index in [9.17, 15) is 14.3 Å². The van der Waals surface area contributed by atoms with Gasteiger partial charge in [-0.05, 0) is 43.2 Å². The molecule has 6 heteroatoms. The third-order valence-corrected chi connectivity index (χ3v) is 3.88. The Morgan fingerprint density at radius 3 is 2.88 bits per heavy atom. The number of aryl methyl sites for hydroxylation is 1. The fourth-order valence-electron chi connectivity index (χ4n) is 2.40. The molecule has 5 nitrogen and oxygen atoms in total. The number of nitrogens with one attached hydrogen (secondary N) is 1. The lowest BCUT2D eigenvalue weighted by Crippen LogP contribution is -2.43. The van der Waals surface area contributed by atoms with E-state index in [1.807, 2.05) is 17.0 Å². The van der Waals surface area contributed by atoms with Gasteiger partial charge in [0.2, 0.25) is 5.91 Å². The number of anilines is 1. The zero-order valence-electron chi connectivity index (χ0n) is 13.9. The summed E-state index contributed by atoms with van der Waals surface area (Å²) in [6, 6.07) is 7.54. The first kappa shape index (κ1) is 18.0. The van der Waals surface area contributed by atoms with Gasteiger partial charge < -0.3 is 10.4 Å². The molecular weight excluding hydrogens is 309 g/mol. The highest BCUT2D eigenvalue weighted by Gasteiger charge is 2.22. The van der Waals surface area contributed by atoms with E-state index in [1.54, 1.807) is 32.3 Å². The summed E-state index contributed by atoms with van der Waals surface area (Å²) in [4.78, 5) is 18.4. The van der Waals surface area contributed by atoms with Crippen molar-refractivity contribution >= 4 is 11.6 Å². The number of carbonyl (C=O) groups excluding carboxylic acids is 1. The normalized spacial score (nSPS) is 12.2. The van der Waals surface area contributed by atoms with Crippen molar-refractivity contribution in [1.82, 2.24) is 9.88 Å².